The summed E-state index contributed by atoms with van der Waals surface area (Å²) in [6, 6.07) is 18.8. The Morgan fingerprint density at radius 3 is 2.39 bits per heavy atom. The second kappa shape index (κ2) is 5.07. The van der Waals surface area contributed by atoms with Gasteiger partial charge in [-0.05, 0) is 12.1 Å². The summed E-state index contributed by atoms with van der Waals surface area (Å²) in [6.45, 7) is 7.10. The fraction of sp³-hybridized carbons (Fsp3) is 0.150. The van der Waals surface area contributed by atoms with Crippen LogP contribution < -0.4 is 5.19 Å². The molecule has 0 aliphatic carbocycles. The molecule has 0 N–H and O–H groups in total. The highest BCUT2D eigenvalue weighted by Gasteiger charge is 2.23. The van der Waals surface area contributed by atoms with E-state index in [1.165, 1.54) is 10.8 Å². The first-order valence-corrected chi connectivity index (χ1v) is 11.4. The van der Waals surface area contributed by atoms with Crippen LogP contribution in [0, 0.1) is 0 Å². The van der Waals surface area contributed by atoms with Gasteiger partial charge in [-0.15, -0.1) is 0 Å². The van der Waals surface area contributed by atoms with Gasteiger partial charge in [-0.25, -0.2) is 0 Å². The molecular formula is C20H19NOSi. The molecule has 2 aromatic carbocycles. The SMILES string of the molecule is C[Si](C)(C)c1ccccc1-c1nccc2c1oc1ccccc12. The van der Waals surface area contributed by atoms with Gasteiger partial charge < -0.3 is 4.42 Å². The number of pyridine rings is 1. The van der Waals surface area contributed by atoms with E-state index in [0.29, 0.717) is 0 Å². The van der Waals surface area contributed by atoms with Gasteiger partial charge in [0.1, 0.15) is 11.3 Å². The Kier molecular flexibility index (Phi) is 3.13. The summed E-state index contributed by atoms with van der Waals surface area (Å²) in [5.74, 6) is 0. The van der Waals surface area contributed by atoms with E-state index in [-0.39, 0.29) is 0 Å². The lowest BCUT2D eigenvalue weighted by atomic mass is 10.1. The molecule has 0 saturated heterocycles. The van der Waals surface area contributed by atoms with Crippen molar-refractivity contribution in [2.24, 2.45) is 0 Å². The second-order valence-electron chi connectivity index (χ2n) is 6.93. The smallest absolute Gasteiger partial charge is 0.161 e. The van der Waals surface area contributed by atoms with Crippen LogP contribution >= 0.6 is 0 Å². The van der Waals surface area contributed by atoms with Crippen molar-refractivity contribution in [1.29, 1.82) is 0 Å². The van der Waals surface area contributed by atoms with Crippen molar-refractivity contribution in [3.8, 4) is 11.3 Å². The molecule has 23 heavy (non-hydrogen) atoms. The highest BCUT2D eigenvalue weighted by Crippen LogP contribution is 2.34. The number of aromatic nitrogens is 1. The zero-order valence-electron chi connectivity index (χ0n) is 13.6. The van der Waals surface area contributed by atoms with Crippen molar-refractivity contribution in [1.82, 2.24) is 4.98 Å². The average molecular weight is 317 g/mol. The summed E-state index contributed by atoms with van der Waals surface area (Å²) in [4.78, 5) is 4.68. The molecule has 0 fully saturated rings. The van der Waals surface area contributed by atoms with Crippen LogP contribution in [0.4, 0.5) is 0 Å². The van der Waals surface area contributed by atoms with E-state index in [1.54, 1.807) is 0 Å². The molecule has 0 amide bonds. The molecule has 0 spiro atoms. The summed E-state index contributed by atoms with van der Waals surface area (Å²) in [5.41, 5.74) is 3.97. The molecule has 2 aromatic heterocycles. The van der Waals surface area contributed by atoms with Gasteiger partial charge in [0.2, 0.25) is 0 Å². The predicted molar refractivity (Wildman–Crippen MR) is 99.9 cm³/mol. The van der Waals surface area contributed by atoms with Gasteiger partial charge in [0.25, 0.3) is 0 Å². The highest BCUT2D eigenvalue weighted by atomic mass is 28.3. The normalized spacial score (nSPS) is 12.1. The molecule has 0 radical (unpaired) electrons. The standard InChI is InChI=1S/C20H19NOSi/c1-23(2,3)18-11-7-5-9-16(18)19-20-15(12-13-21-19)14-8-4-6-10-17(14)22-20/h4-13H,1-3H3. The minimum absolute atomic E-state index is 0.888. The molecule has 0 bridgehead atoms. The molecule has 0 saturated carbocycles. The third-order valence-electron chi connectivity index (χ3n) is 4.28. The minimum Gasteiger partial charge on any atom is -0.454 e. The lowest BCUT2D eigenvalue weighted by Gasteiger charge is -2.20. The Morgan fingerprint density at radius 1 is 0.826 bits per heavy atom. The van der Waals surface area contributed by atoms with Crippen LogP contribution in [0.3, 0.4) is 0 Å². The van der Waals surface area contributed by atoms with Gasteiger partial charge >= 0.3 is 0 Å². The molecular weight excluding hydrogens is 298 g/mol. The molecule has 2 nitrogen and oxygen atoms in total. The van der Waals surface area contributed by atoms with Crippen molar-refractivity contribution < 1.29 is 4.42 Å². The summed E-state index contributed by atoms with van der Waals surface area (Å²) >= 11 is 0. The number of rotatable bonds is 2. The molecule has 0 aliphatic rings. The van der Waals surface area contributed by atoms with E-state index >= 15 is 0 Å². The third-order valence-corrected chi connectivity index (χ3v) is 6.34. The second-order valence-corrected chi connectivity index (χ2v) is 12.0. The van der Waals surface area contributed by atoms with Crippen molar-refractivity contribution in [2.75, 3.05) is 0 Å². The molecule has 0 aliphatic heterocycles. The summed E-state index contributed by atoms with van der Waals surface area (Å²) in [7, 11) is -1.47. The van der Waals surface area contributed by atoms with E-state index in [9.17, 15) is 0 Å². The van der Waals surface area contributed by atoms with Gasteiger partial charge in [0.15, 0.2) is 5.58 Å². The maximum absolute atomic E-state index is 6.16. The van der Waals surface area contributed by atoms with Gasteiger partial charge in [0.05, 0.1) is 8.07 Å². The van der Waals surface area contributed by atoms with Crippen LogP contribution in [0.2, 0.25) is 19.6 Å². The summed E-state index contributed by atoms with van der Waals surface area (Å²) in [6.07, 6.45) is 1.89. The Balaban J connectivity index is 2.08. The van der Waals surface area contributed by atoms with Crippen LogP contribution in [-0.4, -0.2) is 13.1 Å². The summed E-state index contributed by atoms with van der Waals surface area (Å²) in [5, 5.41) is 3.70. The fourth-order valence-corrected chi connectivity index (χ4v) is 4.79. The molecule has 3 heteroatoms. The Labute approximate surface area is 136 Å². The number of benzene rings is 2. The fourth-order valence-electron chi connectivity index (χ4n) is 3.19. The molecule has 4 rings (SSSR count). The Bertz CT molecular complexity index is 1010. The van der Waals surface area contributed by atoms with Crippen molar-refractivity contribution in [3.63, 3.8) is 0 Å². The first-order chi connectivity index (χ1) is 11.1. The van der Waals surface area contributed by atoms with Gasteiger partial charge in [-0.3, -0.25) is 4.98 Å². The lowest BCUT2D eigenvalue weighted by molar-refractivity contribution is 0.668. The maximum Gasteiger partial charge on any atom is 0.161 e. The van der Waals surface area contributed by atoms with Crippen molar-refractivity contribution in [3.05, 3.63) is 60.8 Å². The van der Waals surface area contributed by atoms with Crippen LogP contribution in [0.25, 0.3) is 33.2 Å². The van der Waals surface area contributed by atoms with Crippen molar-refractivity contribution >= 4 is 35.2 Å². The quantitative estimate of drug-likeness (QED) is 0.475. The Morgan fingerprint density at radius 2 is 1.57 bits per heavy atom. The zero-order chi connectivity index (χ0) is 16.0. The van der Waals surface area contributed by atoms with Crippen LogP contribution in [0.1, 0.15) is 0 Å². The minimum atomic E-state index is -1.47. The maximum atomic E-state index is 6.16. The number of nitrogens with zero attached hydrogens (tertiary/aromatic N) is 1. The number of fused-ring (bicyclic) bond motifs is 3. The van der Waals surface area contributed by atoms with E-state index in [4.69, 9.17) is 4.42 Å². The molecule has 2 heterocycles. The van der Waals surface area contributed by atoms with Gasteiger partial charge in [-0.1, -0.05) is 67.3 Å². The van der Waals surface area contributed by atoms with E-state index in [2.05, 4.69) is 55.0 Å². The zero-order valence-corrected chi connectivity index (χ0v) is 14.6. The number of hydrogen-bond acceptors (Lipinski definition) is 2. The number of furan rings is 1. The van der Waals surface area contributed by atoms with E-state index < -0.39 is 8.07 Å². The first kappa shape index (κ1) is 14.2. The summed E-state index contributed by atoms with van der Waals surface area (Å²) < 4.78 is 6.16. The largest absolute Gasteiger partial charge is 0.454 e. The van der Waals surface area contributed by atoms with Gasteiger partial charge in [-0.2, -0.15) is 0 Å². The van der Waals surface area contributed by atoms with Crippen LogP contribution in [-0.2, 0) is 0 Å². The van der Waals surface area contributed by atoms with Gasteiger partial charge in [0, 0.05) is 22.5 Å². The number of hydrogen-bond donors (Lipinski definition) is 0. The molecule has 114 valence electrons. The van der Waals surface area contributed by atoms with Crippen LogP contribution in [0.15, 0.2) is 65.2 Å². The highest BCUT2D eigenvalue weighted by molar-refractivity contribution is 6.89. The van der Waals surface area contributed by atoms with E-state index in [0.717, 1.165) is 27.6 Å². The molecule has 0 atom stereocenters. The van der Waals surface area contributed by atoms with Crippen molar-refractivity contribution in [2.45, 2.75) is 19.6 Å². The topological polar surface area (TPSA) is 26.0 Å². The third kappa shape index (κ3) is 2.28. The number of para-hydroxylation sites is 1. The monoisotopic (exact) mass is 317 g/mol. The average Bonchev–Trinajstić information content (AvgIpc) is 2.93. The lowest BCUT2D eigenvalue weighted by Crippen LogP contribution is -2.38. The molecule has 0 unspecified atom stereocenters. The Hall–Kier alpha value is -2.39. The van der Waals surface area contributed by atoms with Crippen LogP contribution in [0.5, 0.6) is 0 Å². The molecule has 4 aromatic rings. The first-order valence-electron chi connectivity index (χ1n) is 7.92. The van der Waals surface area contributed by atoms with E-state index in [1.807, 2.05) is 30.5 Å². The predicted octanol–water partition coefficient (Wildman–Crippen LogP) is 5.19.